The van der Waals surface area contributed by atoms with Crippen molar-refractivity contribution in [1.29, 1.82) is 0 Å². The number of hydrogen-bond donors (Lipinski definition) is 1. The van der Waals surface area contributed by atoms with Crippen LogP contribution in [0.4, 0.5) is 5.69 Å². The molecule has 0 aliphatic heterocycles. The van der Waals surface area contributed by atoms with Gasteiger partial charge in [0.25, 0.3) is 0 Å². The van der Waals surface area contributed by atoms with Crippen LogP contribution in [-0.2, 0) is 26.2 Å². The van der Waals surface area contributed by atoms with E-state index in [4.69, 9.17) is 23.2 Å². The smallest absolute Gasteiger partial charge is 0.244 e. The number of anilines is 1. The van der Waals surface area contributed by atoms with Crippen molar-refractivity contribution in [2.75, 3.05) is 17.1 Å². The van der Waals surface area contributed by atoms with Gasteiger partial charge in [-0.15, -0.1) is 0 Å². The van der Waals surface area contributed by atoms with Crippen LogP contribution in [0.25, 0.3) is 0 Å². The summed E-state index contributed by atoms with van der Waals surface area (Å²) in [5.74, 6) is -0.925. The molecule has 174 valence electrons. The van der Waals surface area contributed by atoms with E-state index in [1.807, 2.05) is 13.8 Å². The van der Waals surface area contributed by atoms with Crippen LogP contribution >= 0.6 is 23.2 Å². The van der Waals surface area contributed by atoms with E-state index in [1.165, 1.54) is 11.0 Å². The SMILES string of the molecule is CC(C)NC(=O)[C@@H](C)N(Cc1ccccc1Cl)C(=O)CN(c1ccccc1Cl)S(C)(=O)=O. The van der Waals surface area contributed by atoms with Gasteiger partial charge >= 0.3 is 0 Å². The number of halogens is 2. The highest BCUT2D eigenvalue weighted by atomic mass is 35.5. The van der Waals surface area contributed by atoms with Gasteiger partial charge < -0.3 is 10.2 Å². The Hall–Kier alpha value is -2.29. The third-order valence-electron chi connectivity index (χ3n) is 4.70. The molecule has 0 saturated carbocycles. The van der Waals surface area contributed by atoms with E-state index >= 15 is 0 Å². The number of nitrogens with one attached hydrogen (secondary N) is 1. The van der Waals surface area contributed by atoms with Gasteiger partial charge in [0, 0.05) is 17.6 Å². The Morgan fingerprint density at radius 1 is 0.969 bits per heavy atom. The Kier molecular flexibility index (Phi) is 8.95. The number of rotatable bonds is 9. The molecule has 0 aliphatic rings. The minimum atomic E-state index is -3.84. The Morgan fingerprint density at radius 3 is 2.06 bits per heavy atom. The van der Waals surface area contributed by atoms with Crippen LogP contribution in [0.1, 0.15) is 26.3 Å². The molecule has 0 heterocycles. The minimum Gasteiger partial charge on any atom is -0.352 e. The van der Waals surface area contributed by atoms with Crippen LogP contribution in [0.5, 0.6) is 0 Å². The Labute approximate surface area is 199 Å². The predicted molar refractivity (Wildman–Crippen MR) is 128 cm³/mol. The van der Waals surface area contributed by atoms with Gasteiger partial charge in [-0.1, -0.05) is 53.5 Å². The molecule has 0 saturated heterocycles. The van der Waals surface area contributed by atoms with Crippen LogP contribution in [0, 0.1) is 0 Å². The van der Waals surface area contributed by atoms with Crippen molar-refractivity contribution in [3.8, 4) is 0 Å². The summed E-state index contributed by atoms with van der Waals surface area (Å²) in [7, 11) is -3.84. The van der Waals surface area contributed by atoms with Gasteiger partial charge in [-0.25, -0.2) is 8.42 Å². The van der Waals surface area contributed by atoms with Gasteiger partial charge in [-0.2, -0.15) is 0 Å². The summed E-state index contributed by atoms with van der Waals surface area (Å²) in [6, 6.07) is 12.3. The fraction of sp³-hybridized carbons (Fsp3) is 0.364. The zero-order valence-electron chi connectivity index (χ0n) is 18.4. The van der Waals surface area contributed by atoms with Gasteiger partial charge in [0.2, 0.25) is 21.8 Å². The van der Waals surface area contributed by atoms with Crippen molar-refractivity contribution in [2.45, 2.75) is 39.4 Å². The summed E-state index contributed by atoms with van der Waals surface area (Å²) in [6.45, 7) is 4.73. The second-order valence-electron chi connectivity index (χ2n) is 7.67. The van der Waals surface area contributed by atoms with E-state index in [0.29, 0.717) is 10.6 Å². The third kappa shape index (κ3) is 6.85. The van der Waals surface area contributed by atoms with Gasteiger partial charge in [-0.3, -0.25) is 13.9 Å². The average Bonchev–Trinajstić information content (AvgIpc) is 2.70. The molecule has 2 rings (SSSR count). The number of nitrogens with zero attached hydrogens (tertiary/aromatic N) is 2. The summed E-state index contributed by atoms with van der Waals surface area (Å²) in [5, 5.41) is 3.41. The monoisotopic (exact) mass is 499 g/mol. The number of amides is 2. The Bertz CT molecular complexity index is 1080. The lowest BCUT2D eigenvalue weighted by molar-refractivity contribution is -0.139. The summed E-state index contributed by atoms with van der Waals surface area (Å²) in [5.41, 5.74) is 0.817. The molecule has 0 unspecified atom stereocenters. The molecule has 0 spiro atoms. The fourth-order valence-corrected chi connectivity index (χ4v) is 4.39. The summed E-state index contributed by atoms with van der Waals surface area (Å²) in [6.07, 6.45) is 0.997. The molecule has 7 nitrogen and oxygen atoms in total. The van der Waals surface area contributed by atoms with E-state index in [0.717, 1.165) is 10.6 Å². The summed E-state index contributed by atoms with van der Waals surface area (Å²) >= 11 is 12.5. The van der Waals surface area contributed by atoms with Crippen LogP contribution in [0.15, 0.2) is 48.5 Å². The number of sulfonamides is 1. The van der Waals surface area contributed by atoms with Crippen LogP contribution in [0.3, 0.4) is 0 Å². The molecule has 0 radical (unpaired) electrons. The molecule has 1 atom stereocenters. The van der Waals surface area contributed by atoms with Crippen molar-refractivity contribution < 1.29 is 18.0 Å². The van der Waals surface area contributed by atoms with E-state index in [-0.39, 0.29) is 29.2 Å². The minimum absolute atomic E-state index is 0.0330. The van der Waals surface area contributed by atoms with Gasteiger partial charge in [0.15, 0.2) is 0 Å². The quantitative estimate of drug-likeness (QED) is 0.569. The van der Waals surface area contributed by atoms with Gasteiger partial charge in [0.05, 0.1) is 17.0 Å². The van der Waals surface area contributed by atoms with Crippen molar-refractivity contribution in [3.05, 3.63) is 64.1 Å². The summed E-state index contributed by atoms with van der Waals surface area (Å²) in [4.78, 5) is 27.4. The number of hydrogen-bond acceptors (Lipinski definition) is 4. The normalized spacial score (nSPS) is 12.3. The molecule has 1 N–H and O–H groups in total. The predicted octanol–water partition coefficient (Wildman–Crippen LogP) is 3.70. The van der Waals surface area contributed by atoms with Crippen molar-refractivity contribution in [3.63, 3.8) is 0 Å². The second-order valence-corrected chi connectivity index (χ2v) is 10.4. The zero-order chi connectivity index (χ0) is 24.1. The highest BCUT2D eigenvalue weighted by Crippen LogP contribution is 2.27. The maximum Gasteiger partial charge on any atom is 0.244 e. The topological polar surface area (TPSA) is 86.8 Å². The fourth-order valence-electron chi connectivity index (χ4n) is 3.05. The van der Waals surface area contributed by atoms with E-state index in [2.05, 4.69) is 5.32 Å². The molecule has 2 amide bonds. The Morgan fingerprint density at radius 2 is 1.53 bits per heavy atom. The standard InChI is InChI=1S/C22H27Cl2N3O4S/c1-15(2)25-22(29)16(3)26(13-17-9-5-6-10-18(17)23)21(28)14-27(32(4,30)31)20-12-8-7-11-19(20)24/h5-12,15-16H,13-14H2,1-4H3,(H,25,29)/t16-/m1/s1. The maximum atomic E-state index is 13.4. The second kappa shape index (κ2) is 11.0. The lowest BCUT2D eigenvalue weighted by atomic mass is 10.1. The molecule has 0 aromatic heterocycles. The van der Waals surface area contributed by atoms with Crippen LogP contribution in [0.2, 0.25) is 10.0 Å². The summed E-state index contributed by atoms with van der Waals surface area (Å²) < 4.78 is 25.9. The molecule has 2 aromatic carbocycles. The van der Waals surface area contributed by atoms with Crippen molar-refractivity contribution in [1.82, 2.24) is 10.2 Å². The van der Waals surface area contributed by atoms with E-state index in [1.54, 1.807) is 49.4 Å². The van der Waals surface area contributed by atoms with Crippen molar-refractivity contribution in [2.24, 2.45) is 0 Å². The van der Waals surface area contributed by atoms with Crippen LogP contribution < -0.4 is 9.62 Å². The van der Waals surface area contributed by atoms with Gasteiger partial charge in [0.1, 0.15) is 12.6 Å². The molecule has 0 bridgehead atoms. The number of carbonyl (C=O) groups excluding carboxylic acids is 2. The largest absolute Gasteiger partial charge is 0.352 e. The number of carbonyl (C=O) groups is 2. The highest BCUT2D eigenvalue weighted by molar-refractivity contribution is 7.92. The lowest BCUT2D eigenvalue weighted by Gasteiger charge is -2.32. The van der Waals surface area contributed by atoms with E-state index in [9.17, 15) is 18.0 Å². The first-order valence-electron chi connectivity index (χ1n) is 9.97. The first-order valence-corrected chi connectivity index (χ1v) is 12.6. The molecule has 0 aliphatic carbocycles. The molecular formula is C22H27Cl2N3O4S. The first-order chi connectivity index (χ1) is 14.9. The third-order valence-corrected chi connectivity index (χ3v) is 6.51. The van der Waals surface area contributed by atoms with Crippen molar-refractivity contribution >= 4 is 50.7 Å². The Balaban J connectivity index is 2.42. The zero-order valence-corrected chi connectivity index (χ0v) is 20.7. The average molecular weight is 500 g/mol. The maximum absolute atomic E-state index is 13.4. The highest BCUT2D eigenvalue weighted by Gasteiger charge is 2.31. The first kappa shape index (κ1) is 26.0. The van der Waals surface area contributed by atoms with Crippen LogP contribution in [-0.4, -0.2) is 50.0 Å². The molecule has 0 fully saturated rings. The van der Waals surface area contributed by atoms with Gasteiger partial charge in [-0.05, 0) is 44.5 Å². The number of benzene rings is 2. The molecule has 10 heteroatoms. The molecular weight excluding hydrogens is 473 g/mol. The molecule has 32 heavy (non-hydrogen) atoms. The number of para-hydroxylation sites is 1. The lowest BCUT2D eigenvalue weighted by Crippen LogP contribution is -2.52. The van der Waals surface area contributed by atoms with E-state index < -0.39 is 28.5 Å². The molecule has 2 aromatic rings.